The zero-order valence-electron chi connectivity index (χ0n) is 23.9. The van der Waals surface area contributed by atoms with Crippen molar-refractivity contribution in [1.29, 1.82) is 0 Å². The van der Waals surface area contributed by atoms with Crippen LogP contribution in [0.1, 0.15) is 41.0 Å². The molecule has 19 heteroatoms. The molecule has 0 amide bonds. The Balaban J connectivity index is -0.0000000503. The van der Waals surface area contributed by atoms with Crippen LogP contribution < -0.4 is 37.8 Å². The van der Waals surface area contributed by atoms with Crippen molar-refractivity contribution in [1.82, 2.24) is 5.32 Å². The molecule has 1 radical (unpaired) electrons. The molecule has 0 aromatic carbocycles. The molecule has 0 aliphatic heterocycles. The summed E-state index contributed by atoms with van der Waals surface area (Å²) in [7, 11) is 2.50. The van der Waals surface area contributed by atoms with Crippen LogP contribution in [0.4, 0.5) is 0 Å². The van der Waals surface area contributed by atoms with Gasteiger partial charge in [-0.1, -0.05) is 0 Å². The fourth-order valence-electron chi connectivity index (χ4n) is 1.20. The number of carbonyl (C=O) groups excluding carboxylic acids is 3. The summed E-state index contributed by atoms with van der Waals surface area (Å²) in [6, 6.07) is 0.785. The number of rotatable bonds is 10. The molecule has 0 heterocycles. The van der Waals surface area contributed by atoms with E-state index in [2.05, 4.69) is 5.32 Å². The zero-order chi connectivity index (χ0) is 32.2. The van der Waals surface area contributed by atoms with Crippen LogP contribution in [0.5, 0.6) is 0 Å². The topological polar surface area (TPSA) is 313 Å². The van der Waals surface area contributed by atoms with Gasteiger partial charge in [-0.3, -0.25) is 9.59 Å². The zero-order valence-corrected chi connectivity index (χ0v) is 27.2. The summed E-state index contributed by atoms with van der Waals surface area (Å²) in [6.07, 6.45) is 0.877. The summed E-state index contributed by atoms with van der Waals surface area (Å²) >= 11 is 0. The number of hydrogen-bond acceptors (Lipinski definition) is 15. The smallest absolute Gasteiger partial charge is 0.550 e. The monoisotopic (exact) mass is 737 g/mol. The Morgan fingerprint density at radius 1 is 0.667 bits per heavy atom. The molecule has 39 heavy (non-hydrogen) atoms. The molecule has 0 saturated heterocycles. The van der Waals surface area contributed by atoms with Gasteiger partial charge in [0.25, 0.3) is 11.9 Å². The molecular weight excluding hydrogens is 690 g/mol. The first-order valence-electron chi connectivity index (χ1n) is 10.7. The van der Waals surface area contributed by atoms with Crippen molar-refractivity contribution < 1.29 is 103 Å². The van der Waals surface area contributed by atoms with Gasteiger partial charge in [-0.15, -0.1) is 0 Å². The predicted octanol–water partition coefficient (Wildman–Crippen LogP) is -4.84. The average Bonchev–Trinajstić information content (AvgIpc) is 2.74. The standard InChI is InChI=1S/C6H17NO3Si.C4H13N3.5C2H4O2.Gd/c1-8-11(9-2,10-3)6-4-5-7;5-1-3-7-4-2-6;5*1-2(3)4;/h4-7H2,1-3H3;7H,1-6H2;5*1H3,(H,3,4);/q;;;;;;;+3/p-3. The molecular formula is C20H47GdN4O13Si. The fourth-order valence-corrected chi connectivity index (χ4v) is 2.95. The van der Waals surface area contributed by atoms with Crippen LogP contribution in [0.3, 0.4) is 0 Å². The van der Waals surface area contributed by atoms with E-state index in [1.807, 2.05) is 0 Å². The molecule has 9 N–H and O–H groups in total. The van der Waals surface area contributed by atoms with E-state index in [0.29, 0.717) is 19.6 Å². The average molecular weight is 737 g/mol. The van der Waals surface area contributed by atoms with Gasteiger partial charge in [0.1, 0.15) is 0 Å². The van der Waals surface area contributed by atoms with Crippen molar-refractivity contribution in [3.05, 3.63) is 0 Å². The summed E-state index contributed by atoms with van der Waals surface area (Å²) in [5, 5.41) is 44.5. The molecule has 0 spiro atoms. The van der Waals surface area contributed by atoms with Crippen molar-refractivity contribution in [3.63, 3.8) is 0 Å². The first-order valence-corrected chi connectivity index (χ1v) is 12.6. The van der Waals surface area contributed by atoms with Crippen LogP contribution in [-0.2, 0) is 37.3 Å². The van der Waals surface area contributed by atoms with E-state index in [-0.39, 0.29) is 39.9 Å². The maximum atomic E-state index is 9.00. The quantitative estimate of drug-likeness (QED) is 0.0905. The molecule has 0 unspecified atom stereocenters. The van der Waals surface area contributed by atoms with E-state index in [1.54, 1.807) is 21.3 Å². The maximum absolute atomic E-state index is 9.00. The molecule has 0 aliphatic rings. The summed E-state index contributed by atoms with van der Waals surface area (Å²) in [6.45, 7) is 8.86. The fraction of sp³-hybridized carbons (Fsp3) is 0.750. The minimum absolute atomic E-state index is 0. The van der Waals surface area contributed by atoms with E-state index in [9.17, 15) is 0 Å². The number of hydrogen-bond donors (Lipinski definition) is 6. The molecule has 17 nitrogen and oxygen atoms in total. The van der Waals surface area contributed by atoms with Gasteiger partial charge in [0.05, 0.1) is 0 Å². The second kappa shape index (κ2) is 49.5. The number of carboxylic acids is 5. The van der Waals surface area contributed by atoms with Gasteiger partial charge >= 0.3 is 48.7 Å². The van der Waals surface area contributed by atoms with E-state index in [0.717, 1.165) is 60.2 Å². The summed E-state index contributed by atoms with van der Waals surface area (Å²) in [5.74, 6) is -4.92. The molecule has 0 rings (SSSR count). The van der Waals surface area contributed by atoms with Crippen molar-refractivity contribution in [2.75, 3.05) is 54.1 Å². The van der Waals surface area contributed by atoms with Gasteiger partial charge < -0.3 is 75.7 Å². The largest absolute Gasteiger partial charge is 3.00 e. The van der Waals surface area contributed by atoms with E-state index < -0.39 is 38.7 Å². The van der Waals surface area contributed by atoms with Crippen LogP contribution in [-0.4, -0.2) is 103 Å². The summed E-state index contributed by atoms with van der Waals surface area (Å²) in [4.78, 5) is 44.7. The Bertz CT molecular complexity index is 458. The molecule has 0 saturated carbocycles. The number of nitrogens with one attached hydrogen (secondary N) is 1. The van der Waals surface area contributed by atoms with Crippen LogP contribution in [0.15, 0.2) is 0 Å². The molecule has 0 aromatic heterocycles. The third-order valence-electron chi connectivity index (χ3n) is 2.26. The predicted molar refractivity (Wildman–Crippen MR) is 135 cm³/mol. The molecule has 0 bridgehead atoms. The summed E-state index contributed by atoms with van der Waals surface area (Å²) in [5.41, 5.74) is 15.7. The number of nitrogens with two attached hydrogens (primary N) is 3. The minimum Gasteiger partial charge on any atom is -0.550 e. The Morgan fingerprint density at radius 3 is 1.00 bits per heavy atom. The number of carbonyl (C=O) groups is 5. The Hall–Kier alpha value is -1.39. The molecule has 0 aliphatic carbocycles. The maximum Gasteiger partial charge on any atom is 3.00 e. The molecule has 0 atom stereocenters. The molecule has 0 fully saturated rings. The van der Waals surface area contributed by atoms with Crippen molar-refractivity contribution in [2.24, 2.45) is 17.2 Å². The van der Waals surface area contributed by atoms with Crippen LogP contribution >= 0.6 is 0 Å². The Morgan fingerprint density at radius 2 is 0.872 bits per heavy atom. The van der Waals surface area contributed by atoms with Crippen molar-refractivity contribution in [3.8, 4) is 0 Å². The Labute approximate surface area is 263 Å². The van der Waals surface area contributed by atoms with E-state index in [1.165, 1.54) is 0 Å². The molecule has 237 valence electrons. The third kappa shape index (κ3) is 159. The van der Waals surface area contributed by atoms with Gasteiger partial charge in [-0.05, 0) is 33.7 Å². The van der Waals surface area contributed by atoms with Crippen LogP contribution in [0, 0.1) is 39.9 Å². The second-order valence-electron chi connectivity index (χ2n) is 6.03. The van der Waals surface area contributed by atoms with Crippen LogP contribution in [0.25, 0.3) is 0 Å². The van der Waals surface area contributed by atoms with Crippen LogP contribution in [0.2, 0.25) is 6.04 Å². The first kappa shape index (κ1) is 57.5. The number of aliphatic carboxylic acids is 5. The molecule has 0 aromatic rings. The third-order valence-corrected chi connectivity index (χ3v) is 5.09. The normalized spacial score (nSPS) is 8.28. The van der Waals surface area contributed by atoms with E-state index >= 15 is 0 Å². The van der Waals surface area contributed by atoms with Gasteiger partial charge in [-0.2, -0.15) is 0 Å². The summed E-state index contributed by atoms with van der Waals surface area (Å²) < 4.78 is 15.5. The van der Waals surface area contributed by atoms with E-state index in [4.69, 9.17) is 80.0 Å². The first-order chi connectivity index (χ1) is 17.3. The van der Waals surface area contributed by atoms with Crippen molar-refractivity contribution >= 4 is 38.7 Å². The Kier molecular flexibility index (Phi) is 73.0. The van der Waals surface area contributed by atoms with Gasteiger partial charge in [0.15, 0.2) is 0 Å². The SMILES string of the molecule is CC(=O)O.CC(=O)O.CC(=O)[O-].CC(=O)[O-].CC(=O)[O-].CO[Si](CCCN)(OC)OC.NCCNCCN.[Gd+3]. The van der Waals surface area contributed by atoms with Gasteiger partial charge in [0, 0.05) is 85.3 Å². The second-order valence-corrected chi connectivity index (χ2v) is 9.12. The van der Waals surface area contributed by atoms with Crippen molar-refractivity contribution in [2.45, 2.75) is 47.1 Å². The number of carboxylic acid groups (broad SMARTS) is 5. The minimum atomic E-state index is -2.32. The van der Waals surface area contributed by atoms with Gasteiger partial charge in [0.2, 0.25) is 0 Å². The van der Waals surface area contributed by atoms with Gasteiger partial charge in [-0.25, -0.2) is 0 Å².